The number of rotatable bonds is 15. The molecule has 25 nitrogen and oxygen atoms in total. The molecular weight excluding hydrogens is 768 g/mol. The summed E-state index contributed by atoms with van der Waals surface area (Å²) in [4.78, 5) is 57.6. The van der Waals surface area contributed by atoms with Crippen molar-refractivity contribution in [1.82, 2.24) is 34.5 Å². The van der Waals surface area contributed by atoms with Gasteiger partial charge in [-0.2, -0.15) is 4.98 Å². The number of nitrogens with one attached hydrogen (secondary N) is 1. The summed E-state index contributed by atoms with van der Waals surface area (Å²) in [6.45, 7) is -1.46. The molecule has 11 atom stereocenters. The molecule has 5 heterocycles. The summed E-state index contributed by atoms with van der Waals surface area (Å²) in [5.74, 6) is -1.25. The van der Waals surface area contributed by atoms with Crippen LogP contribution in [-0.4, -0.2) is 127 Å². The number of anilines is 1. The summed E-state index contributed by atoms with van der Waals surface area (Å²) >= 11 is 0. The molecule has 52 heavy (non-hydrogen) atoms. The Morgan fingerprint density at radius 2 is 1.69 bits per heavy atom. The number of nitrogens with zero attached hydrogens (tertiary/aromatic N) is 6. The van der Waals surface area contributed by atoms with E-state index in [1.54, 1.807) is 0 Å². The van der Waals surface area contributed by atoms with Gasteiger partial charge in [0.15, 0.2) is 23.7 Å². The zero-order valence-corrected chi connectivity index (χ0v) is 33.2. The molecular formula is C23H32N8Na2O17P2. The number of aliphatic hydroxyl groups is 5. The number of H-pyrrole nitrogens is 1. The van der Waals surface area contributed by atoms with Crippen LogP contribution in [0.1, 0.15) is 31.2 Å². The van der Waals surface area contributed by atoms with Gasteiger partial charge >= 0.3 is 65.1 Å². The number of fused-ring (bicyclic) bond motifs is 1. The average molecular weight is 800 g/mol. The van der Waals surface area contributed by atoms with Crippen molar-refractivity contribution < 1.29 is 136 Å². The molecule has 0 radical (unpaired) electrons. The number of nitrogens with two attached hydrogens (primary N) is 1. The van der Waals surface area contributed by atoms with Crippen LogP contribution in [0.15, 0.2) is 17.3 Å². The molecule has 29 heteroatoms. The largest absolute Gasteiger partial charge is 1.00 e. The molecule has 0 bridgehead atoms. The summed E-state index contributed by atoms with van der Waals surface area (Å²) in [5.41, 5.74) is 4.95. The fourth-order valence-electron chi connectivity index (χ4n) is 5.15. The van der Waals surface area contributed by atoms with Crippen LogP contribution in [0.3, 0.4) is 0 Å². The number of aryl methyl sites for hydroxylation is 1. The van der Waals surface area contributed by atoms with Crippen LogP contribution in [0, 0.1) is 0 Å². The smallest absolute Gasteiger partial charge is 0.756 e. The molecule has 2 aliphatic heterocycles. The minimum atomic E-state index is -5.99. The molecule has 2 unspecified atom stereocenters. The van der Waals surface area contributed by atoms with Crippen molar-refractivity contribution in [1.29, 1.82) is 0 Å². The van der Waals surface area contributed by atoms with Gasteiger partial charge in [-0.15, -0.1) is 5.10 Å². The molecule has 0 aromatic carbocycles. The maximum Gasteiger partial charge on any atom is 1.00 e. The van der Waals surface area contributed by atoms with Crippen molar-refractivity contribution in [3.8, 4) is 0 Å². The van der Waals surface area contributed by atoms with Gasteiger partial charge in [-0.25, -0.2) is 14.0 Å². The molecule has 3 aromatic rings. The minimum Gasteiger partial charge on any atom is -0.756 e. The SMILES string of the molecule is Nc1nc2c(ncn2[C@@H]2O[C@H](COP(=O)([O-])OP(=O)([O-])O[C@H]3O[C@@H](Cn4cc(CCCCC(=O)O)nn4)[C@@H](O)[C@@H](O)[C@@H]3O)[C@@H](O)[C@H]2O)c(=O)[nH]1.[Na+].[Na+]. The van der Waals surface area contributed by atoms with Crippen LogP contribution < -0.4 is 80.2 Å². The van der Waals surface area contributed by atoms with Gasteiger partial charge in [0.05, 0.1) is 25.2 Å². The molecule has 3 aromatic heterocycles. The Morgan fingerprint density at radius 1 is 1.00 bits per heavy atom. The zero-order chi connectivity index (χ0) is 36.5. The number of unbranched alkanes of at least 4 members (excludes halogenated alkanes) is 1. The van der Waals surface area contributed by atoms with Crippen LogP contribution in [-0.2, 0) is 49.7 Å². The predicted molar refractivity (Wildman–Crippen MR) is 154 cm³/mol. The molecule has 0 spiro atoms. The molecule has 0 saturated carbocycles. The number of aliphatic hydroxyl groups excluding tert-OH is 5. The average Bonchev–Trinajstić information content (AvgIpc) is 3.73. The summed E-state index contributed by atoms with van der Waals surface area (Å²) in [7, 11) is -11.9. The number of aromatic nitrogens is 7. The number of phosphoric ester groups is 2. The molecule has 0 aliphatic carbocycles. The number of aliphatic carboxylic acids is 1. The number of nitrogen functional groups attached to an aromatic ring is 1. The normalized spacial score (nSPS) is 29.9. The third-order valence-electron chi connectivity index (χ3n) is 7.59. The fraction of sp³-hybridized carbons (Fsp3) is 0.652. The summed E-state index contributed by atoms with van der Waals surface area (Å²) in [6.07, 6.45) is -12.9. The summed E-state index contributed by atoms with van der Waals surface area (Å²) in [6, 6.07) is 0. The van der Waals surface area contributed by atoms with E-state index >= 15 is 0 Å². The second kappa shape index (κ2) is 18.6. The molecule has 9 N–H and O–H groups in total. The van der Waals surface area contributed by atoms with Crippen molar-refractivity contribution >= 4 is 38.7 Å². The zero-order valence-electron chi connectivity index (χ0n) is 27.4. The van der Waals surface area contributed by atoms with Crippen LogP contribution in [0.5, 0.6) is 0 Å². The van der Waals surface area contributed by atoms with Crippen LogP contribution in [0.25, 0.3) is 11.2 Å². The van der Waals surface area contributed by atoms with E-state index in [1.807, 2.05) is 0 Å². The number of carbonyl (C=O) groups is 1. The summed E-state index contributed by atoms with van der Waals surface area (Å²) in [5, 5.41) is 68.4. The molecule has 5 rings (SSSR count). The Hall–Kier alpha value is -1.26. The quantitative estimate of drug-likeness (QED) is 0.0402. The fourth-order valence-corrected chi connectivity index (χ4v) is 7.23. The maximum atomic E-state index is 12.5. The van der Waals surface area contributed by atoms with Crippen LogP contribution in [0.2, 0.25) is 0 Å². The number of carboxylic acids is 1. The maximum absolute atomic E-state index is 12.5. The number of aromatic amines is 1. The minimum absolute atomic E-state index is 0. The molecule has 2 aliphatic rings. The first kappa shape index (κ1) is 45.1. The van der Waals surface area contributed by atoms with Crippen LogP contribution >= 0.6 is 15.6 Å². The third-order valence-corrected chi connectivity index (χ3v) is 10.1. The van der Waals surface area contributed by atoms with Gasteiger partial charge < -0.3 is 60.2 Å². The van der Waals surface area contributed by atoms with E-state index in [9.17, 15) is 54.0 Å². The number of hydrogen-bond acceptors (Lipinski definition) is 21. The number of ether oxygens (including phenoxy) is 2. The molecule has 278 valence electrons. The van der Waals surface area contributed by atoms with E-state index in [2.05, 4.69) is 38.6 Å². The van der Waals surface area contributed by atoms with E-state index in [0.29, 0.717) is 25.0 Å². The van der Waals surface area contributed by atoms with Gasteiger partial charge in [0.1, 0.15) is 42.7 Å². The first-order chi connectivity index (χ1) is 23.4. The van der Waals surface area contributed by atoms with Gasteiger partial charge in [0.2, 0.25) is 5.95 Å². The second-order valence-electron chi connectivity index (χ2n) is 11.2. The first-order valence-corrected chi connectivity index (χ1v) is 17.6. The molecule has 2 saturated heterocycles. The third kappa shape index (κ3) is 10.9. The number of imidazole rings is 1. The van der Waals surface area contributed by atoms with Gasteiger partial charge in [-0.1, -0.05) is 5.21 Å². The van der Waals surface area contributed by atoms with E-state index < -0.39 is 89.0 Å². The Morgan fingerprint density at radius 3 is 2.38 bits per heavy atom. The van der Waals surface area contributed by atoms with Gasteiger partial charge in [0.25, 0.3) is 21.2 Å². The van der Waals surface area contributed by atoms with E-state index in [0.717, 1.165) is 15.6 Å². The van der Waals surface area contributed by atoms with Gasteiger partial charge in [0, 0.05) is 12.6 Å². The molecule has 2 fully saturated rings. The van der Waals surface area contributed by atoms with Gasteiger partial charge in [-0.3, -0.25) is 32.8 Å². The van der Waals surface area contributed by atoms with Crippen LogP contribution in [0.4, 0.5) is 5.95 Å². The van der Waals surface area contributed by atoms with E-state index in [1.165, 1.54) is 6.20 Å². The van der Waals surface area contributed by atoms with E-state index in [-0.39, 0.29) is 89.2 Å². The Balaban J connectivity index is 0.00000364. The van der Waals surface area contributed by atoms with Crippen molar-refractivity contribution in [2.45, 2.75) is 87.5 Å². The van der Waals surface area contributed by atoms with Crippen molar-refractivity contribution in [2.24, 2.45) is 0 Å². The Bertz CT molecular complexity index is 1830. The second-order valence-corrected chi connectivity index (χ2v) is 14.2. The van der Waals surface area contributed by atoms with Crippen molar-refractivity contribution in [2.75, 3.05) is 12.3 Å². The van der Waals surface area contributed by atoms with Gasteiger partial charge in [-0.05, 0) is 19.3 Å². The summed E-state index contributed by atoms with van der Waals surface area (Å²) < 4.78 is 51.1. The number of phosphoric acid groups is 2. The monoisotopic (exact) mass is 800 g/mol. The standard InChI is InChI=1S/C23H34N8O17P2.2Na/c24-23-26-19-13(20(39)27-23)25-8-31(19)21-17(37)15(35)11(45-21)7-44-49(40,41)48-50(42,43)47-22-18(38)16(36)14(34)10(46-22)6-30-5-9(28-29-30)3-1-2-4-12(32)33;;/h5,8,10-11,14-18,21-22,34-38H,1-4,6-7H2,(H,32,33)(H,40,41)(H,42,43)(H3,24,26,27,39);;/q;2*+1/p-2/t10-,11+,14+,15+,16+,17+,18-,21+,22+;;/m0../s1. The van der Waals surface area contributed by atoms with Crippen molar-refractivity contribution in [3.05, 3.63) is 28.6 Å². The van der Waals surface area contributed by atoms with Crippen molar-refractivity contribution in [3.63, 3.8) is 0 Å². The number of hydrogen-bond donors (Lipinski definition) is 8. The molecule has 0 amide bonds. The predicted octanol–water partition coefficient (Wildman–Crippen LogP) is -10.8. The topological polar surface area (TPSA) is 385 Å². The Kier molecular flexibility index (Phi) is 16.1. The van der Waals surface area contributed by atoms with E-state index in [4.69, 9.17) is 20.3 Å². The Labute approximate surface area is 335 Å². The first-order valence-electron chi connectivity index (χ1n) is 14.7. The number of carboxylic acid groups (broad SMARTS) is 1.